The van der Waals surface area contributed by atoms with E-state index in [1.54, 1.807) is 12.1 Å². The Morgan fingerprint density at radius 2 is 2.00 bits per heavy atom. The summed E-state index contributed by atoms with van der Waals surface area (Å²) in [6.07, 6.45) is 1.71. The molecule has 3 nitrogen and oxygen atoms in total. The SMILES string of the molecule is O=[N+]([O-])c1cccc(CC2Cc3ccccc3C2Cl)c1. The molecule has 2 aromatic rings. The molecule has 20 heavy (non-hydrogen) atoms. The Morgan fingerprint density at radius 3 is 2.75 bits per heavy atom. The molecule has 0 radical (unpaired) electrons. The molecule has 102 valence electrons. The van der Waals surface area contributed by atoms with Crippen LogP contribution in [-0.4, -0.2) is 4.92 Å². The molecule has 2 atom stereocenters. The summed E-state index contributed by atoms with van der Waals surface area (Å²) in [7, 11) is 0. The summed E-state index contributed by atoms with van der Waals surface area (Å²) in [6.45, 7) is 0. The zero-order valence-corrected chi connectivity index (χ0v) is 11.6. The van der Waals surface area contributed by atoms with Gasteiger partial charge in [-0.2, -0.15) is 0 Å². The number of benzene rings is 2. The third-order valence-electron chi connectivity index (χ3n) is 3.87. The molecule has 0 spiro atoms. The molecule has 2 aromatic carbocycles. The van der Waals surface area contributed by atoms with Gasteiger partial charge in [0, 0.05) is 12.1 Å². The van der Waals surface area contributed by atoms with Crippen LogP contribution in [-0.2, 0) is 12.8 Å². The Labute approximate surface area is 122 Å². The van der Waals surface area contributed by atoms with Crippen LogP contribution in [0, 0.1) is 16.0 Å². The lowest BCUT2D eigenvalue weighted by Gasteiger charge is -2.14. The fourth-order valence-corrected chi connectivity index (χ4v) is 3.30. The molecular weight excluding hydrogens is 274 g/mol. The first kappa shape index (κ1) is 13.1. The maximum absolute atomic E-state index is 10.8. The third kappa shape index (κ3) is 2.41. The maximum Gasteiger partial charge on any atom is 0.269 e. The van der Waals surface area contributed by atoms with Crippen LogP contribution in [0.2, 0.25) is 0 Å². The molecule has 0 heterocycles. The van der Waals surface area contributed by atoms with Crippen molar-refractivity contribution in [3.8, 4) is 0 Å². The maximum atomic E-state index is 10.8. The molecule has 0 aliphatic heterocycles. The largest absolute Gasteiger partial charge is 0.269 e. The van der Waals surface area contributed by atoms with E-state index >= 15 is 0 Å². The van der Waals surface area contributed by atoms with Gasteiger partial charge in [0.1, 0.15) is 0 Å². The fourth-order valence-electron chi connectivity index (χ4n) is 2.90. The molecule has 3 rings (SSSR count). The first-order valence-corrected chi connectivity index (χ1v) is 7.04. The molecule has 0 saturated heterocycles. The summed E-state index contributed by atoms with van der Waals surface area (Å²) in [5.41, 5.74) is 3.61. The molecule has 4 heteroatoms. The van der Waals surface area contributed by atoms with E-state index in [1.807, 2.05) is 18.2 Å². The van der Waals surface area contributed by atoms with Gasteiger partial charge in [0.15, 0.2) is 0 Å². The predicted octanol–water partition coefficient (Wildman–Crippen LogP) is 4.29. The van der Waals surface area contributed by atoms with Crippen LogP contribution in [0.15, 0.2) is 48.5 Å². The highest BCUT2D eigenvalue weighted by atomic mass is 35.5. The van der Waals surface area contributed by atoms with Crippen LogP contribution in [0.5, 0.6) is 0 Å². The van der Waals surface area contributed by atoms with Crippen molar-refractivity contribution in [1.29, 1.82) is 0 Å². The van der Waals surface area contributed by atoms with E-state index in [0.29, 0.717) is 5.92 Å². The van der Waals surface area contributed by atoms with Gasteiger partial charge in [0.05, 0.1) is 10.3 Å². The molecule has 0 N–H and O–H groups in total. The highest BCUT2D eigenvalue weighted by Crippen LogP contribution is 2.42. The Kier molecular flexibility index (Phi) is 3.45. The van der Waals surface area contributed by atoms with E-state index in [-0.39, 0.29) is 16.0 Å². The van der Waals surface area contributed by atoms with E-state index in [0.717, 1.165) is 18.4 Å². The Balaban J connectivity index is 1.80. The van der Waals surface area contributed by atoms with Crippen LogP contribution in [0.4, 0.5) is 5.69 Å². The van der Waals surface area contributed by atoms with Crippen molar-refractivity contribution in [2.45, 2.75) is 18.2 Å². The Morgan fingerprint density at radius 1 is 1.20 bits per heavy atom. The summed E-state index contributed by atoms with van der Waals surface area (Å²) in [5, 5.41) is 10.8. The zero-order valence-electron chi connectivity index (χ0n) is 10.8. The van der Waals surface area contributed by atoms with Gasteiger partial charge in [-0.05, 0) is 35.4 Å². The minimum atomic E-state index is -0.356. The molecule has 0 saturated carbocycles. The summed E-state index contributed by atoms with van der Waals surface area (Å²) in [5.74, 6) is 0.302. The van der Waals surface area contributed by atoms with Crippen molar-refractivity contribution in [2.75, 3.05) is 0 Å². The van der Waals surface area contributed by atoms with Crippen LogP contribution < -0.4 is 0 Å². The van der Waals surface area contributed by atoms with Crippen LogP contribution in [0.3, 0.4) is 0 Å². The number of halogens is 1. The number of non-ortho nitro benzene ring substituents is 1. The van der Waals surface area contributed by atoms with Gasteiger partial charge >= 0.3 is 0 Å². The summed E-state index contributed by atoms with van der Waals surface area (Å²) in [6, 6.07) is 15.0. The van der Waals surface area contributed by atoms with E-state index in [4.69, 9.17) is 11.6 Å². The number of hydrogen-bond donors (Lipinski definition) is 0. The van der Waals surface area contributed by atoms with Gasteiger partial charge in [-0.15, -0.1) is 11.6 Å². The van der Waals surface area contributed by atoms with Crippen molar-refractivity contribution in [3.05, 3.63) is 75.3 Å². The van der Waals surface area contributed by atoms with E-state index in [2.05, 4.69) is 12.1 Å². The first-order chi connectivity index (χ1) is 9.65. The zero-order chi connectivity index (χ0) is 14.1. The van der Waals surface area contributed by atoms with Crippen molar-refractivity contribution in [1.82, 2.24) is 0 Å². The van der Waals surface area contributed by atoms with Crippen molar-refractivity contribution >= 4 is 17.3 Å². The van der Waals surface area contributed by atoms with Gasteiger partial charge in [-0.25, -0.2) is 0 Å². The molecule has 0 bridgehead atoms. The van der Waals surface area contributed by atoms with E-state index < -0.39 is 0 Å². The van der Waals surface area contributed by atoms with Crippen molar-refractivity contribution in [3.63, 3.8) is 0 Å². The second-order valence-corrected chi connectivity index (χ2v) is 5.67. The van der Waals surface area contributed by atoms with E-state index in [9.17, 15) is 10.1 Å². The average molecular weight is 288 g/mol. The Hall–Kier alpha value is -1.87. The summed E-state index contributed by atoms with van der Waals surface area (Å²) < 4.78 is 0. The lowest BCUT2D eigenvalue weighted by Crippen LogP contribution is -2.07. The molecule has 1 aliphatic carbocycles. The third-order valence-corrected chi connectivity index (χ3v) is 4.46. The monoisotopic (exact) mass is 287 g/mol. The van der Waals surface area contributed by atoms with Crippen LogP contribution in [0.25, 0.3) is 0 Å². The van der Waals surface area contributed by atoms with Gasteiger partial charge in [-0.1, -0.05) is 36.4 Å². The highest BCUT2D eigenvalue weighted by Gasteiger charge is 2.30. The smallest absolute Gasteiger partial charge is 0.258 e. The number of fused-ring (bicyclic) bond motifs is 1. The lowest BCUT2D eigenvalue weighted by atomic mass is 9.96. The fraction of sp³-hybridized carbons (Fsp3) is 0.250. The molecule has 0 fully saturated rings. The summed E-state index contributed by atoms with van der Waals surface area (Å²) >= 11 is 6.53. The van der Waals surface area contributed by atoms with Crippen LogP contribution >= 0.6 is 11.6 Å². The number of nitro benzene ring substituents is 1. The van der Waals surface area contributed by atoms with Gasteiger partial charge in [0.2, 0.25) is 0 Å². The quantitative estimate of drug-likeness (QED) is 0.480. The number of alkyl halides is 1. The minimum absolute atomic E-state index is 0.00883. The van der Waals surface area contributed by atoms with Crippen LogP contribution in [0.1, 0.15) is 22.1 Å². The van der Waals surface area contributed by atoms with Gasteiger partial charge in [-0.3, -0.25) is 10.1 Å². The number of hydrogen-bond acceptors (Lipinski definition) is 2. The second kappa shape index (κ2) is 5.25. The molecule has 1 aliphatic rings. The minimum Gasteiger partial charge on any atom is -0.258 e. The van der Waals surface area contributed by atoms with Gasteiger partial charge in [0.25, 0.3) is 5.69 Å². The average Bonchev–Trinajstić information content (AvgIpc) is 2.76. The Bertz CT molecular complexity index is 656. The second-order valence-electron chi connectivity index (χ2n) is 5.20. The standard InChI is InChI=1S/C16H14ClNO2/c17-16-13(10-12-5-1-2-7-15(12)16)8-11-4-3-6-14(9-11)18(19)20/h1-7,9,13,16H,8,10H2. The highest BCUT2D eigenvalue weighted by molar-refractivity contribution is 6.21. The molecule has 2 unspecified atom stereocenters. The number of nitro groups is 1. The van der Waals surface area contributed by atoms with Crippen molar-refractivity contribution < 1.29 is 4.92 Å². The van der Waals surface area contributed by atoms with E-state index in [1.165, 1.54) is 17.2 Å². The molecule has 0 amide bonds. The predicted molar refractivity (Wildman–Crippen MR) is 79.0 cm³/mol. The normalized spacial score (nSPS) is 20.6. The molecule has 0 aromatic heterocycles. The van der Waals surface area contributed by atoms with Crippen molar-refractivity contribution in [2.24, 2.45) is 5.92 Å². The van der Waals surface area contributed by atoms with Gasteiger partial charge < -0.3 is 0 Å². The topological polar surface area (TPSA) is 43.1 Å². The lowest BCUT2D eigenvalue weighted by molar-refractivity contribution is -0.384. The molecular formula is C16H14ClNO2. The number of rotatable bonds is 3. The summed E-state index contributed by atoms with van der Waals surface area (Å²) in [4.78, 5) is 10.5. The first-order valence-electron chi connectivity index (χ1n) is 6.60. The number of nitrogens with zero attached hydrogens (tertiary/aromatic N) is 1.